The number of allylic oxidation sites excluding steroid dienone is 1. The van der Waals surface area contributed by atoms with E-state index in [-0.39, 0.29) is 5.91 Å². The van der Waals surface area contributed by atoms with E-state index in [1.807, 2.05) is 43.5 Å². The van der Waals surface area contributed by atoms with Crippen LogP contribution < -0.4 is 4.90 Å². The van der Waals surface area contributed by atoms with Gasteiger partial charge >= 0.3 is 0 Å². The number of anilines is 2. The molecule has 6 heteroatoms. The number of hydrogen-bond acceptors (Lipinski definition) is 5. The first-order chi connectivity index (χ1) is 13.0. The van der Waals surface area contributed by atoms with Gasteiger partial charge in [-0.1, -0.05) is 18.2 Å². The number of carbonyl (C=O) groups excluding carboxylic acids is 1. The van der Waals surface area contributed by atoms with E-state index in [9.17, 15) is 10.1 Å². The molecular formula is C21H18N4OS. The smallest absolute Gasteiger partial charge is 0.230 e. The van der Waals surface area contributed by atoms with E-state index < -0.39 is 0 Å². The maximum atomic E-state index is 12.3. The third-order valence-corrected chi connectivity index (χ3v) is 5.03. The molecule has 0 aliphatic carbocycles. The second-order valence-electron chi connectivity index (χ2n) is 6.01. The highest BCUT2D eigenvalue weighted by atomic mass is 32.1. The number of nitriles is 1. The lowest BCUT2D eigenvalue weighted by Crippen LogP contribution is -2.23. The Morgan fingerprint density at radius 3 is 2.70 bits per heavy atom. The zero-order valence-corrected chi connectivity index (χ0v) is 16.1. The molecule has 134 valence electrons. The Morgan fingerprint density at radius 1 is 1.22 bits per heavy atom. The Bertz CT molecular complexity index is 1050. The summed E-state index contributed by atoms with van der Waals surface area (Å²) < 4.78 is 0. The van der Waals surface area contributed by atoms with Gasteiger partial charge in [-0.25, -0.2) is 4.98 Å². The highest BCUT2D eigenvalue weighted by Crippen LogP contribution is 2.33. The standard InChI is InChI=1S/C21H18N4OS/c1-14-7-6-9-20(15(14)2)25(16(3)26)21-24-18(13-27-21)11-17(12-22)19-8-4-5-10-23-19/h4-11,13H,1-3H3/b17-11+. The van der Waals surface area contributed by atoms with Crippen molar-refractivity contribution in [3.63, 3.8) is 0 Å². The summed E-state index contributed by atoms with van der Waals surface area (Å²) in [4.78, 5) is 22.7. The number of thiazole rings is 1. The molecule has 0 saturated carbocycles. The van der Waals surface area contributed by atoms with Crippen molar-refractivity contribution in [1.82, 2.24) is 9.97 Å². The number of benzene rings is 1. The highest BCUT2D eigenvalue weighted by Gasteiger charge is 2.20. The molecule has 3 rings (SSSR count). The molecule has 0 N–H and O–H groups in total. The van der Waals surface area contributed by atoms with Crippen molar-refractivity contribution in [3.05, 3.63) is 70.5 Å². The van der Waals surface area contributed by atoms with E-state index in [0.29, 0.717) is 22.1 Å². The first kappa shape index (κ1) is 18.5. The number of nitrogens with zero attached hydrogens (tertiary/aromatic N) is 4. The average molecular weight is 374 g/mol. The molecule has 0 aliphatic heterocycles. The van der Waals surface area contributed by atoms with Crippen LogP contribution >= 0.6 is 11.3 Å². The van der Waals surface area contributed by atoms with Crippen LogP contribution in [0.1, 0.15) is 29.4 Å². The second-order valence-corrected chi connectivity index (χ2v) is 6.85. The summed E-state index contributed by atoms with van der Waals surface area (Å²) in [6.07, 6.45) is 3.33. The lowest BCUT2D eigenvalue weighted by molar-refractivity contribution is -0.115. The summed E-state index contributed by atoms with van der Waals surface area (Å²) >= 11 is 1.36. The van der Waals surface area contributed by atoms with Crippen LogP contribution in [-0.4, -0.2) is 15.9 Å². The monoisotopic (exact) mass is 374 g/mol. The number of aryl methyl sites for hydroxylation is 1. The minimum Gasteiger partial charge on any atom is -0.274 e. The number of hydrogen-bond donors (Lipinski definition) is 0. The zero-order valence-electron chi connectivity index (χ0n) is 15.3. The largest absolute Gasteiger partial charge is 0.274 e. The Balaban J connectivity index is 2.00. The SMILES string of the molecule is CC(=O)N(c1nc(/C=C(\C#N)c2ccccn2)cs1)c1cccc(C)c1C. The Hall–Kier alpha value is -3.30. The number of amides is 1. The van der Waals surface area contributed by atoms with Crippen molar-refractivity contribution in [3.8, 4) is 6.07 Å². The van der Waals surface area contributed by atoms with E-state index in [1.165, 1.54) is 18.3 Å². The van der Waals surface area contributed by atoms with Crippen molar-refractivity contribution >= 4 is 39.7 Å². The van der Waals surface area contributed by atoms with Crippen LogP contribution in [0, 0.1) is 25.2 Å². The van der Waals surface area contributed by atoms with Gasteiger partial charge in [0.25, 0.3) is 0 Å². The summed E-state index contributed by atoms with van der Waals surface area (Å²) in [5.41, 5.74) is 4.59. The van der Waals surface area contributed by atoms with E-state index in [2.05, 4.69) is 16.0 Å². The molecule has 2 heterocycles. The van der Waals surface area contributed by atoms with Gasteiger partial charge in [-0.2, -0.15) is 5.26 Å². The Labute approximate surface area is 162 Å². The molecule has 1 aromatic carbocycles. The normalized spacial score (nSPS) is 11.1. The van der Waals surface area contributed by atoms with Gasteiger partial charge in [-0.05, 0) is 49.2 Å². The van der Waals surface area contributed by atoms with Gasteiger partial charge in [0.15, 0.2) is 5.13 Å². The number of pyridine rings is 1. The summed E-state index contributed by atoms with van der Waals surface area (Å²) in [7, 11) is 0. The lowest BCUT2D eigenvalue weighted by Gasteiger charge is -2.21. The molecule has 0 bridgehead atoms. The third kappa shape index (κ3) is 3.94. The van der Waals surface area contributed by atoms with Crippen LogP contribution in [0.25, 0.3) is 11.6 Å². The fourth-order valence-electron chi connectivity index (χ4n) is 2.66. The number of rotatable bonds is 4. The van der Waals surface area contributed by atoms with Crippen molar-refractivity contribution < 1.29 is 4.79 Å². The predicted octanol–water partition coefficient (Wildman–Crippen LogP) is 4.90. The van der Waals surface area contributed by atoms with Gasteiger partial charge in [0.05, 0.1) is 22.6 Å². The van der Waals surface area contributed by atoms with Crippen molar-refractivity contribution in [2.24, 2.45) is 0 Å². The number of aromatic nitrogens is 2. The predicted molar refractivity (Wildman–Crippen MR) is 109 cm³/mol. The summed E-state index contributed by atoms with van der Waals surface area (Å²) in [6, 6.07) is 13.4. The third-order valence-electron chi connectivity index (χ3n) is 4.19. The molecule has 27 heavy (non-hydrogen) atoms. The van der Waals surface area contributed by atoms with E-state index in [4.69, 9.17) is 0 Å². The quantitative estimate of drug-likeness (QED) is 0.609. The van der Waals surface area contributed by atoms with E-state index >= 15 is 0 Å². The second kappa shape index (κ2) is 7.94. The molecule has 3 aromatic rings. The van der Waals surface area contributed by atoms with Gasteiger partial charge in [0.1, 0.15) is 6.07 Å². The van der Waals surface area contributed by atoms with Crippen molar-refractivity contribution in [1.29, 1.82) is 5.26 Å². The molecule has 0 fully saturated rings. The van der Waals surface area contributed by atoms with E-state index in [1.54, 1.807) is 29.3 Å². The molecular weight excluding hydrogens is 356 g/mol. The van der Waals surface area contributed by atoms with Crippen molar-refractivity contribution in [2.45, 2.75) is 20.8 Å². The minimum absolute atomic E-state index is 0.112. The summed E-state index contributed by atoms with van der Waals surface area (Å²) in [6.45, 7) is 5.52. The summed E-state index contributed by atoms with van der Waals surface area (Å²) in [5.74, 6) is -0.112. The summed E-state index contributed by atoms with van der Waals surface area (Å²) in [5, 5.41) is 11.8. The Kier molecular flexibility index (Phi) is 5.43. The van der Waals surface area contributed by atoms with Crippen LogP contribution in [-0.2, 0) is 4.79 Å². The van der Waals surface area contributed by atoms with Crippen LogP contribution in [0.5, 0.6) is 0 Å². The zero-order chi connectivity index (χ0) is 19.4. The molecule has 2 aromatic heterocycles. The van der Waals surface area contributed by atoms with Crippen LogP contribution in [0.15, 0.2) is 48.0 Å². The van der Waals surface area contributed by atoms with E-state index in [0.717, 1.165) is 16.8 Å². The molecule has 1 amide bonds. The fraction of sp³-hybridized carbons (Fsp3) is 0.143. The molecule has 0 spiro atoms. The van der Waals surface area contributed by atoms with Gasteiger partial charge < -0.3 is 0 Å². The maximum absolute atomic E-state index is 12.3. The molecule has 0 atom stereocenters. The average Bonchev–Trinajstić information content (AvgIpc) is 3.12. The molecule has 0 aliphatic rings. The molecule has 0 unspecified atom stereocenters. The minimum atomic E-state index is -0.112. The lowest BCUT2D eigenvalue weighted by atomic mass is 10.1. The van der Waals surface area contributed by atoms with Crippen LogP contribution in [0.4, 0.5) is 10.8 Å². The maximum Gasteiger partial charge on any atom is 0.230 e. The Morgan fingerprint density at radius 2 is 2.04 bits per heavy atom. The van der Waals surface area contributed by atoms with Gasteiger partial charge in [-0.3, -0.25) is 14.7 Å². The first-order valence-electron chi connectivity index (χ1n) is 8.37. The van der Waals surface area contributed by atoms with Crippen LogP contribution in [0.3, 0.4) is 0 Å². The highest BCUT2D eigenvalue weighted by molar-refractivity contribution is 7.14. The topological polar surface area (TPSA) is 69.9 Å². The van der Waals surface area contributed by atoms with Gasteiger partial charge in [-0.15, -0.1) is 11.3 Å². The fourth-order valence-corrected chi connectivity index (χ4v) is 3.50. The van der Waals surface area contributed by atoms with Gasteiger partial charge in [0, 0.05) is 18.5 Å². The van der Waals surface area contributed by atoms with Gasteiger partial charge in [0.2, 0.25) is 5.91 Å². The molecule has 5 nitrogen and oxygen atoms in total. The van der Waals surface area contributed by atoms with Crippen LogP contribution in [0.2, 0.25) is 0 Å². The first-order valence-corrected chi connectivity index (χ1v) is 9.25. The molecule has 0 saturated heterocycles. The number of carbonyl (C=O) groups is 1. The van der Waals surface area contributed by atoms with Crippen molar-refractivity contribution in [2.75, 3.05) is 4.90 Å². The molecule has 0 radical (unpaired) electrons.